The largest absolute Gasteiger partial charge is 0.446 e. The number of ether oxygens (including phenoxy) is 1. The maximum absolute atomic E-state index is 10.0. The Hall–Kier alpha value is -1.16. The van der Waals surface area contributed by atoms with Crippen molar-refractivity contribution in [1.29, 1.82) is 0 Å². The number of hydrogen-bond donors (Lipinski definition) is 0. The van der Waals surface area contributed by atoms with Gasteiger partial charge in [0, 0.05) is 4.90 Å². The molecule has 0 fully saturated rings. The first-order valence-electron chi connectivity index (χ1n) is 3.94. The fourth-order valence-electron chi connectivity index (χ4n) is 1.28. The zero-order valence-corrected chi connectivity index (χ0v) is 7.79. The number of benzene rings is 1. The van der Waals surface area contributed by atoms with Crippen LogP contribution in [0.25, 0.3) is 0 Å². The molecule has 1 heterocycles. The lowest BCUT2D eigenvalue weighted by molar-refractivity contribution is -0.128. The lowest BCUT2D eigenvalue weighted by Gasteiger charge is -2.15. The topological polar surface area (TPSA) is 29.5 Å². The lowest BCUT2D eigenvalue weighted by atomic mass is 10.3. The van der Waals surface area contributed by atoms with Crippen LogP contribution >= 0.6 is 11.8 Å². The van der Waals surface area contributed by atoms with Gasteiger partial charge in [0.25, 0.3) is 6.47 Å². The highest BCUT2D eigenvalue weighted by atomic mass is 32.2. The van der Waals surface area contributed by atoms with Crippen LogP contribution in [0, 0.1) is 0 Å². The van der Waals surface area contributed by atoms with Crippen molar-refractivity contribution in [3.63, 3.8) is 0 Å². The molecule has 0 saturated carbocycles. The van der Waals surface area contributed by atoms with E-state index in [4.69, 9.17) is 4.74 Å². The molecule has 0 N–H and O–H groups in total. The SMILES string of the molecule is O=COCN1CSc2ccccc21. The standard InChI is InChI=1S/C9H9NO2S/c11-7-12-5-10-6-13-9-4-2-1-3-8(9)10/h1-4,7H,5-6H2. The first-order chi connectivity index (χ1) is 6.42. The van der Waals surface area contributed by atoms with Crippen molar-refractivity contribution in [1.82, 2.24) is 0 Å². The van der Waals surface area contributed by atoms with Crippen LogP contribution in [0.15, 0.2) is 29.2 Å². The van der Waals surface area contributed by atoms with Gasteiger partial charge in [0.2, 0.25) is 0 Å². The van der Waals surface area contributed by atoms with E-state index in [-0.39, 0.29) is 0 Å². The van der Waals surface area contributed by atoms with E-state index < -0.39 is 0 Å². The Morgan fingerprint density at radius 3 is 3.23 bits per heavy atom. The van der Waals surface area contributed by atoms with Crippen LogP contribution in [0.2, 0.25) is 0 Å². The van der Waals surface area contributed by atoms with Gasteiger partial charge in [0.05, 0.1) is 11.6 Å². The Bertz CT molecular complexity index is 316. The summed E-state index contributed by atoms with van der Waals surface area (Å²) in [5.74, 6) is 0.854. The lowest BCUT2D eigenvalue weighted by Crippen LogP contribution is -2.22. The number of rotatable bonds is 3. The molecular weight excluding hydrogens is 186 g/mol. The molecule has 68 valence electrons. The van der Waals surface area contributed by atoms with Gasteiger partial charge in [-0.2, -0.15) is 0 Å². The van der Waals surface area contributed by atoms with Crippen LogP contribution in [-0.4, -0.2) is 19.1 Å². The Morgan fingerprint density at radius 1 is 1.54 bits per heavy atom. The number of nitrogens with zero attached hydrogens (tertiary/aromatic N) is 1. The highest BCUT2D eigenvalue weighted by Crippen LogP contribution is 2.37. The molecule has 3 nitrogen and oxygen atoms in total. The number of thioether (sulfide) groups is 1. The van der Waals surface area contributed by atoms with Gasteiger partial charge in [-0.25, -0.2) is 0 Å². The van der Waals surface area contributed by atoms with Gasteiger partial charge in [0.15, 0.2) is 6.73 Å². The molecule has 0 bridgehead atoms. The minimum absolute atomic E-state index is 0.341. The predicted octanol–water partition coefficient (Wildman–Crippen LogP) is 1.69. The molecule has 0 amide bonds. The van der Waals surface area contributed by atoms with Crippen molar-refractivity contribution in [3.8, 4) is 0 Å². The van der Waals surface area contributed by atoms with Crippen LogP contribution in [0.5, 0.6) is 0 Å². The monoisotopic (exact) mass is 195 g/mol. The molecule has 13 heavy (non-hydrogen) atoms. The molecule has 0 atom stereocenters. The molecule has 1 aromatic carbocycles. The quantitative estimate of drug-likeness (QED) is 0.686. The van der Waals surface area contributed by atoms with E-state index in [9.17, 15) is 4.79 Å². The van der Waals surface area contributed by atoms with Gasteiger partial charge in [-0.15, -0.1) is 11.8 Å². The van der Waals surface area contributed by atoms with Crippen LogP contribution in [0.3, 0.4) is 0 Å². The fourth-order valence-corrected chi connectivity index (χ4v) is 2.31. The van der Waals surface area contributed by atoms with E-state index in [1.807, 2.05) is 23.1 Å². The van der Waals surface area contributed by atoms with Gasteiger partial charge >= 0.3 is 0 Å². The van der Waals surface area contributed by atoms with Gasteiger partial charge < -0.3 is 9.64 Å². The smallest absolute Gasteiger partial charge is 0.294 e. The third-order valence-corrected chi connectivity index (χ3v) is 2.98. The number of fused-ring (bicyclic) bond motifs is 1. The summed E-state index contributed by atoms with van der Waals surface area (Å²) in [6.07, 6.45) is 0. The van der Waals surface area contributed by atoms with E-state index in [1.165, 1.54) is 4.90 Å². The second-order valence-corrected chi connectivity index (χ2v) is 3.66. The van der Waals surface area contributed by atoms with Crippen molar-refractivity contribution < 1.29 is 9.53 Å². The summed E-state index contributed by atoms with van der Waals surface area (Å²) in [5.41, 5.74) is 1.15. The highest BCUT2D eigenvalue weighted by Gasteiger charge is 2.18. The summed E-state index contributed by atoms with van der Waals surface area (Å²) in [5, 5.41) is 0. The third-order valence-electron chi connectivity index (χ3n) is 1.88. The first kappa shape index (κ1) is 8.44. The van der Waals surface area contributed by atoms with Crippen LogP contribution in [-0.2, 0) is 9.53 Å². The van der Waals surface area contributed by atoms with Crippen LogP contribution in [0.4, 0.5) is 5.69 Å². The first-order valence-corrected chi connectivity index (χ1v) is 4.92. The summed E-state index contributed by atoms with van der Waals surface area (Å²) < 4.78 is 4.71. The Kier molecular flexibility index (Phi) is 2.40. The molecule has 0 aliphatic carbocycles. The summed E-state index contributed by atoms with van der Waals surface area (Å²) in [6.45, 7) is 0.819. The summed E-state index contributed by atoms with van der Waals surface area (Å²) >= 11 is 1.76. The maximum atomic E-state index is 10.0. The normalized spacial score (nSPS) is 14.0. The molecule has 1 aliphatic heterocycles. The molecule has 0 radical (unpaired) electrons. The Balaban J connectivity index is 2.13. The molecule has 0 unspecified atom stereocenters. The summed E-state index contributed by atoms with van der Waals surface area (Å²) in [6, 6.07) is 8.10. The number of para-hydroxylation sites is 1. The zero-order valence-electron chi connectivity index (χ0n) is 6.97. The molecule has 0 saturated heterocycles. The minimum atomic E-state index is 0.341. The summed E-state index contributed by atoms with van der Waals surface area (Å²) in [7, 11) is 0. The average Bonchev–Trinajstić information content (AvgIpc) is 2.58. The number of carbonyl (C=O) groups excluding carboxylic acids is 1. The van der Waals surface area contributed by atoms with E-state index >= 15 is 0 Å². The van der Waals surface area contributed by atoms with Gasteiger partial charge in [-0.1, -0.05) is 12.1 Å². The van der Waals surface area contributed by atoms with Gasteiger partial charge in [-0.05, 0) is 12.1 Å². The predicted molar refractivity (Wildman–Crippen MR) is 51.7 cm³/mol. The second-order valence-electron chi connectivity index (χ2n) is 2.67. The molecule has 1 aliphatic rings. The minimum Gasteiger partial charge on any atom is -0.446 e. The number of hydrogen-bond acceptors (Lipinski definition) is 4. The van der Waals surface area contributed by atoms with E-state index in [0.717, 1.165) is 11.6 Å². The van der Waals surface area contributed by atoms with E-state index in [2.05, 4.69) is 6.07 Å². The average molecular weight is 195 g/mol. The third kappa shape index (κ3) is 1.62. The number of anilines is 1. The molecule has 2 rings (SSSR count). The van der Waals surface area contributed by atoms with Crippen molar-refractivity contribution >= 4 is 23.9 Å². The highest BCUT2D eigenvalue weighted by molar-refractivity contribution is 7.99. The fraction of sp³-hybridized carbons (Fsp3) is 0.222. The molecular formula is C9H9NO2S. The Morgan fingerprint density at radius 2 is 2.38 bits per heavy atom. The molecule has 0 aromatic heterocycles. The molecule has 1 aromatic rings. The second kappa shape index (κ2) is 3.70. The van der Waals surface area contributed by atoms with Crippen LogP contribution in [0.1, 0.15) is 0 Å². The molecule has 4 heteroatoms. The molecule has 0 spiro atoms. The van der Waals surface area contributed by atoms with Crippen LogP contribution < -0.4 is 4.90 Å². The number of carbonyl (C=O) groups is 1. The van der Waals surface area contributed by atoms with Gasteiger partial charge in [-0.3, -0.25) is 4.79 Å². The van der Waals surface area contributed by atoms with E-state index in [0.29, 0.717) is 13.2 Å². The van der Waals surface area contributed by atoms with Crippen molar-refractivity contribution in [3.05, 3.63) is 24.3 Å². The van der Waals surface area contributed by atoms with Crippen molar-refractivity contribution in [2.24, 2.45) is 0 Å². The maximum Gasteiger partial charge on any atom is 0.294 e. The zero-order chi connectivity index (χ0) is 9.10. The summed E-state index contributed by atoms with van der Waals surface area (Å²) in [4.78, 5) is 13.3. The van der Waals surface area contributed by atoms with Crippen molar-refractivity contribution in [2.75, 3.05) is 17.5 Å². The van der Waals surface area contributed by atoms with E-state index in [1.54, 1.807) is 11.8 Å². The Labute approximate surface area is 80.7 Å². The van der Waals surface area contributed by atoms with Crippen molar-refractivity contribution in [2.45, 2.75) is 4.90 Å². The van der Waals surface area contributed by atoms with Gasteiger partial charge in [0.1, 0.15) is 0 Å².